The highest BCUT2D eigenvalue weighted by Crippen LogP contribution is 2.02. The Morgan fingerprint density at radius 1 is 1.09 bits per heavy atom. The first kappa shape index (κ1) is 29.2. The van der Waals surface area contributed by atoms with Crippen LogP contribution in [0.3, 0.4) is 0 Å². The zero-order valence-electron chi connectivity index (χ0n) is 18.6. The van der Waals surface area contributed by atoms with Gasteiger partial charge in [0.15, 0.2) is 5.96 Å². The Balaban J connectivity index is 0.00000466. The zero-order valence-corrected chi connectivity index (χ0v) is 19.4. The van der Waals surface area contributed by atoms with Gasteiger partial charge in [-0.15, -0.1) is 0 Å². The summed E-state index contributed by atoms with van der Waals surface area (Å²) in [4.78, 5) is 39.5. The van der Waals surface area contributed by atoms with Crippen LogP contribution in [0.1, 0.15) is 32.3 Å². The lowest BCUT2D eigenvalue weighted by Crippen LogP contribution is -2.52. The van der Waals surface area contributed by atoms with Gasteiger partial charge in [-0.05, 0) is 32.3 Å². The molecule has 8 N–H and O–H groups in total. The van der Waals surface area contributed by atoms with E-state index < -0.39 is 40.9 Å². The summed E-state index contributed by atoms with van der Waals surface area (Å²) in [6, 6.07) is 6.89. The van der Waals surface area contributed by atoms with E-state index in [0.717, 1.165) is 12.7 Å². The van der Waals surface area contributed by atoms with Crippen molar-refractivity contribution in [3.8, 4) is 0 Å². The monoisotopic (exact) mass is 470 g/mol. The molecule has 0 aliphatic rings. The molecule has 0 saturated carbocycles. The number of benzene rings is 1. The van der Waals surface area contributed by atoms with Crippen LogP contribution in [0.15, 0.2) is 35.3 Å². The van der Waals surface area contributed by atoms with E-state index in [1.165, 1.54) is 6.92 Å². The fraction of sp³-hybridized carbons (Fsp3) is 0.500. The van der Waals surface area contributed by atoms with Gasteiger partial charge in [-0.3, -0.25) is 14.6 Å². The smallest absolute Gasteiger partial charge is 0.242 e. The number of carbonyl (C=O) groups excluding carboxylic acids is 3. The number of hydrogen-bond acceptors (Lipinski definition) is 6. The minimum absolute atomic E-state index is 0.0366. The number of aliphatic imine (C=N–C) groups is 1. The van der Waals surface area contributed by atoms with Crippen molar-refractivity contribution in [2.75, 3.05) is 13.7 Å². The number of aldehydes is 1. The van der Waals surface area contributed by atoms with Crippen molar-refractivity contribution >= 4 is 35.0 Å². The Kier molecular flexibility index (Phi) is 15.3. The molecule has 3 unspecified atom stereocenters. The number of guanidine groups is 1. The summed E-state index contributed by atoms with van der Waals surface area (Å²) >= 11 is 0. The van der Waals surface area contributed by atoms with Crippen LogP contribution in [0.4, 0.5) is 0 Å². The Morgan fingerprint density at radius 3 is 2.25 bits per heavy atom. The Hall–Kier alpha value is -2.83. The first-order valence-electron chi connectivity index (χ1n) is 9.97. The Morgan fingerprint density at radius 2 is 1.69 bits per heavy atom. The molecule has 1 aromatic rings. The number of nitrogens with one attached hydrogen (secondary N) is 3. The highest BCUT2D eigenvalue weighted by molar-refractivity contribution is 7.82. The number of carbonyl (C=O) groups is 3. The van der Waals surface area contributed by atoms with Crippen LogP contribution in [-0.2, 0) is 31.1 Å². The summed E-state index contributed by atoms with van der Waals surface area (Å²) in [5.41, 5.74) is 11.3. The summed E-state index contributed by atoms with van der Waals surface area (Å²) in [5, 5.41) is 12.1. The summed E-state index contributed by atoms with van der Waals surface area (Å²) < 4.78 is 14.9. The van der Waals surface area contributed by atoms with Crippen molar-refractivity contribution in [3.05, 3.63) is 35.9 Å². The highest BCUT2D eigenvalue weighted by atomic mass is 32.2. The molecule has 0 heterocycles. The van der Waals surface area contributed by atoms with Crippen LogP contribution in [0, 0.1) is 0 Å². The number of amides is 2. The predicted octanol–water partition coefficient (Wildman–Crippen LogP) is -1.32. The molecule has 0 spiro atoms. The Labute approximate surface area is 191 Å². The van der Waals surface area contributed by atoms with Crippen molar-refractivity contribution in [3.63, 3.8) is 0 Å². The van der Waals surface area contributed by atoms with Gasteiger partial charge in [0.05, 0.1) is 28.8 Å². The van der Waals surface area contributed by atoms with Crippen molar-refractivity contribution in [2.24, 2.45) is 16.5 Å². The minimum atomic E-state index is -1.45. The zero-order chi connectivity index (χ0) is 24.5. The van der Waals surface area contributed by atoms with Gasteiger partial charge in [-0.2, -0.15) is 0 Å². The van der Waals surface area contributed by atoms with Crippen molar-refractivity contribution in [1.29, 1.82) is 0 Å². The first-order valence-corrected chi connectivity index (χ1v) is 11.3. The average Bonchev–Trinajstić information content (AvgIpc) is 2.77. The highest BCUT2D eigenvalue weighted by Gasteiger charge is 2.22. The third kappa shape index (κ3) is 12.8. The maximum Gasteiger partial charge on any atom is 0.242 e. The molecular formula is C20H34N6O5S. The van der Waals surface area contributed by atoms with E-state index in [1.54, 1.807) is 6.92 Å². The van der Waals surface area contributed by atoms with Gasteiger partial charge in [0, 0.05) is 13.7 Å². The lowest BCUT2D eigenvalue weighted by atomic mass is 10.1. The number of hydrogen-bond donors (Lipinski definition) is 6. The van der Waals surface area contributed by atoms with E-state index in [1.807, 2.05) is 30.3 Å². The van der Waals surface area contributed by atoms with E-state index in [0.29, 0.717) is 25.7 Å². The van der Waals surface area contributed by atoms with Gasteiger partial charge in [0.1, 0.15) is 12.3 Å². The SMILES string of the molecule is CC(NS(=O)Cc1ccccc1)C(=O)N[C@@H](C)C(=O)NC(C=O)CCCN=C(N)N.CO. The molecule has 2 amide bonds. The molecule has 12 heteroatoms. The molecule has 0 fully saturated rings. The second kappa shape index (κ2) is 16.8. The molecule has 1 rings (SSSR count). The second-order valence-electron chi connectivity index (χ2n) is 6.75. The summed E-state index contributed by atoms with van der Waals surface area (Å²) in [7, 11) is -0.452. The Bertz CT molecular complexity index is 758. The molecule has 0 radical (unpaired) electrons. The molecule has 180 valence electrons. The van der Waals surface area contributed by atoms with E-state index in [4.69, 9.17) is 16.6 Å². The number of aliphatic hydroxyl groups is 1. The normalized spacial score (nSPS) is 13.9. The topological polar surface area (TPSA) is 189 Å². The number of rotatable bonds is 13. The molecular weight excluding hydrogens is 436 g/mol. The third-order valence-electron chi connectivity index (χ3n) is 4.05. The van der Waals surface area contributed by atoms with Crippen LogP contribution in [0.2, 0.25) is 0 Å². The summed E-state index contributed by atoms with van der Waals surface area (Å²) in [6.07, 6.45) is 1.50. The van der Waals surface area contributed by atoms with E-state index in [-0.39, 0.29) is 11.7 Å². The molecule has 0 aliphatic carbocycles. The molecule has 4 atom stereocenters. The molecule has 1 aromatic carbocycles. The molecule has 0 aromatic heterocycles. The van der Waals surface area contributed by atoms with Crippen molar-refractivity contribution in [1.82, 2.24) is 15.4 Å². The van der Waals surface area contributed by atoms with Crippen LogP contribution >= 0.6 is 0 Å². The first-order chi connectivity index (χ1) is 15.2. The van der Waals surface area contributed by atoms with Crippen LogP contribution < -0.4 is 26.8 Å². The summed E-state index contributed by atoms with van der Waals surface area (Å²) in [5.74, 6) is -0.755. The van der Waals surface area contributed by atoms with Crippen molar-refractivity contribution < 1.29 is 23.7 Å². The molecule has 0 aliphatic heterocycles. The maximum atomic E-state index is 12.3. The van der Waals surface area contributed by atoms with Gasteiger partial charge in [-0.25, -0.2) is 8.93 Å². The largest absolute Gasteiger partial charge is 0.400 e. The van der Waals surface area contributed by atoms with Crippen LogP contribution in [-0.4, -0.2) is 65.2 Å². The number of nitrogens with two attached hydrogens (primary N) is 2. The maximum absolute atomic E-state index is 12.3. The number of nitrogens with zero attached hydrogens (tertiary/aromatic N) is 1. The second-order valence-corrected chi connectivity index (χ2v) is 7.96. The summed E-state index contributed by atoms with van der Waals surface area (Å²) in [6.45, 7) is 3.40. The van der Waals surface area contributed by atoms with Gasteiger partial charge >= 0.3 is 0 Å². The standard InChI is InChI=1S/C19H30N6O4S.CH4O/c1-13(17(27)24-16(11-26)9-6-10-22-19(20)21)23-18(28)14(2)25-30(29)12-15-7-4-3-5-8-15;1-2/h3-5,7-8,11,13-14,16,25H,6,9-10,12H2,1-2H3,(H,23,28)(H,24,27)(H4,20,21,22);2H,1H3/t13-,14?,16?,30?;/m0./s1. The van der Waals surface area contributed by atoms with Gasteiger partial charge in [0.25, 0.3) is 0 Å². The molecule has 0 saturated heterocycles. The quantitative estimate of drug-likeness (QED) is 0.0891. The molecule has 11 nitrogen and oxygen atoms in total. The fourth-order valence-corrected chi connectivity index (χ4v) is 3.50. The lowest BCUT2D eigenvalue weighted by Gasteiger charge is -2.20. The fourth-order valence-electron chi connectivity index (χ4n) is 2.42. The van der Waals surface area contributed by atoms with Gasteiger partial charge in [0.2, 0.25) is 11.8 Å². The van der Waals surface area contributed by atoms with Gasteiger partial charge < -0.3 is 32.0 Å². The molecule has 0 bridgehead atoms. The van der Waals surface area contributed by atoms with Crippen LogP contribution in [0.25, 0.3) is 0 Å². The van der Waals surface area contributed by atoms with E-state index in [9.17, 15) is 18.6 Å². The minimum Gasteiger partial charge on any atom is -0.400 e. The van der Waals surface area contributed by atoms with E-state index >= 15 is 0 Å². The molecule has 32 heavy (non-hydrogen) atoms. The predicted molar refractivity (Wildman–Crippen MR) is 125 cm³/mol. The lowest BCUT2D eigenvalue weighted by molar-refractivity contribution is -0.130. The van der Waals surface area contributed by atoms with Crippen molar-refractivity contribution in [2.45, 2.75) is 50.6 Å². The van der Waals surface area contributed by atoms with Gasteiger partial charge in [-0.1, -0.05) is 30.3 Å². The number of aliphatic hydroxyl groups excluding tert-OH is 1. The third-order valence-corrected chi connectivity index (χ3v) is 5.27. The van der Waals surface area contributed by atoms with Crippen LogP contribution in [0.5, 0.6) is 0 Å². The average molecular weight is 471 g/mol. The van der Waals surface area contributed by atoms with E-state index in [2.05, 4.69) is 20.3 Å².